The van der Waals surface area contributed by atoms with Crippen LogP contribution in [0.25, 0.3) is 0 Å². The molecule has 0 radical (unpaired) electrons. The van der Waals surface area contributed by atoms with Crippen LogP contribution in [0.1, 0.15) is 30.3 Å². The Hall–Kier alpha value is -2.68. The van der Waals surface area contributed by atoms with Crippen molar-refractivity contribution in [2.24, 2.45) is 13.0 Å². The number of benzene rings is 2. The van der Waals surface area contributed by atoms with Gasteiger partial charge in [-0.15, -0.1) is 0 Å². The van der Waals surface area contributed by atoms with E-state index in [0.717, 1.165) is 5.56 Å². The lowest BCUT2D eigenvalue weighted by molar-refractivity contribution is -0.126. The Labute approximate surface area is 193 Å². The summed E-state index contributed by atoms with van der Waals surface area (Å²) < 4.78 is 29.0. The zero-order valence-corrected chi connectivity index (χ0v) is 19.3. The molecule has 1 aliphatic rings. The van der Waals surface area contributed by atoms with Gasteiger partial charge in [-0.1, -0.05) is 41.9 Å². The molecule has 1 N–H and O–H groups in total. The lowest BCUT2D eigenvalue weighted by atomic mass is 9.96. The molecule has 1 atom stereocenters. The molecule has 3 aromatic rings. The van der Waals surface area contributed by atoms with Gasteiger partial charge in [0, 0.05) is 43.5 Å². The number of piperidine rings is 1. The minimum Gasteiger partial charge on any atom is -0.342 e. The van der Waals surface area contributed by atoms with E-state index in [1.807, 2.05) is 29.9 Å². The Bertz CT molecular complexity index is 1170. The first-order chi connectivity index (χ1) is 15.4. The maximum absolute atomic E-state index is 13.1. The van der Waals surface area contributed by atoms with Crippen LogP contribution in [-0.4, -0.2) is 41.3 Å². The topological polar surface area (TPSA) is 84.3 Å². The maximum atomic E-state index is 13.1. The first-order valence-electron chi connectivity index (χ1n) is 10.4. The fraction of sp³-hybridized carbons (Fsp3) is 0.304. The maximum Gasteiger partial charge on any atom is 0.243 e. The van der Waals surface area contributed by atoms with Gasteiger partial charge in [0.25, 0.3) is 0 Å². The molecule has 1 unspecified atom stereocenters. The highest BCUT2D eigenvalue weighted by Gasteiger charge is 2.33. The van der Waals surface area contributed by atoms with Crippen LogP contribution < -0.4 is 5.32 Å². The normalized spacial score (nSPS) is 16.6. The van der Waals surface area contributed by atoms with Crippen LogP contribution in [0.2, 0.25) is 5.02 Å². The second kappa shape index (κ2) is 9.44. The molecule has 2 heterocycles. The van der Waals surface area contributed by atoms with Crippen LogP contribution in [0.5, 0.6) is 0 Å². The molecule has 1 aromatic heterocycles. The van der Waals surface area contributed by atoms with Gasteiger partial charge < -0.3 is 9.88 Å². The number of nitrogens with zero attached hydrogens (tertiary/aromatic N) is 3. The molecule has 0 bridgehead atoms. The number of aromatic nitrogens is 2. The highest BCUT2D eigenvalue weighted by molar-refractivity contribution is 7.89. The van der Waals surface area contributed by atoms with Gasteiger partial charge in [0.15, 0.2) is 0 Å². The number of sulfonamides is 1. The van der Waals surface area contributed by atoms with E-state index in [1.165, 1.54) is 4.31 Å². The lowest BCUT2D eigenvalue weighted by Gasteiger charge is -2.31. The first-order valence-corrected chi connectivity index (χ1v) is 12.3. The Morgan fingerprint density at radius 3 is 2.34 bits per heavy atom. The van der Waals surface area contributed by atoms with Crippen molar-refractivity contribution in [3.8, 4) is 0 Å². The van der Waals surface area contributed by atoms with E-state index in [1.54, 1.807) is 48.7 Å². The van der Waals surface area contributed by atoms with E-state index in [0.29, 0.717) is 36.8 Å². The molecule has 168 valence electrons. The Morgan fingerprint density at radius 1 is 1.09 bits per heavy atom. The number of aryl methyl sites for hydroxylation is 1. The number of amides is 1. The highest BCUT2D eigenvalue weighted by Crippen LogP contribution is 2.27. The van der Waals surface area contributed by atoms with Crippen molar-refractivity contribution in [3.63, 3.8) is 0 Å². The SMILES string of the molecule is Cn1ccnc1C(NC(=O)C1CCN(S(=O)(=O)c2ccccc2)CC1)c1ccc(Cl)cc1. The predicted molar refractivity (Wildman–Crippen MR) is 123 cm³/mol. The monoisotopic (exact) mass is 472 g/mol. The zero-order valence-electron chi connectivity index (χ0n) is 17.7. The molecule has 1 aliphatic heterocycles. The van der Waals surface area contributed by atoms with Crippen LogP contribution in [-0.2, 0) is 21.9 Å². The minimum absolute atomic E-state index is 0.107. The average molecular weight is 473 g/mol. The third-order valence-corrected chi connectivity index (χ3v) is 7.98. The van der Waals surface area contributed by atoms with Gasteiger partial charge in [-0.25, -0.2) is 13.4 Å². The van der Waals surface area contributed by atoms with Crippen molar-refractivity contribution < 1.29 is 13.2 Å². The molecule has 0 saturated carbocycles. The van der Waals surface area contributed by atoms with Crippen LogP contribution in [0.3, 0.4) is 0 Å². The number of hydrogen-bond acceptors (Lipinski definition) is 4. The summed E-state index contributed by atoms with van der Waals surface area (Å²) in [5, 5.41) is 3.73. The fourth-order valence-electron chi connectivity index (χ4n) is 3.97. The molecule has 0 spiro atoms. The molecule has 1 fully saturated rings. The largest absolute Gasteiger partial charge is 0.342 e. The fourth-order valence-corrected chi connectivity index (χ4v) is 5.58. The van der Waals surface area contributed by atoms with Crippen LogP contribution in [0.15, 0.2) is 71.9 Å². The summed E-state index contributed by atoms with van der Waals surface area (Å²) in [6.07, 6.45) is 4.45. The third-order valence-electron chi connectivity index (χ3n) is 5.81. The van der Waals surface area contributed by atoms with E-state index < -0.39 is 16.1 Å². The van der Waals surface area contributed by atoms with Gasteiger partial charge in [0.2, 0.25) is 15.9 Å². The van der Waals surface area contributed by atoms with Crippen molar-refractivity contribution in [2.75, 3.05) is 13.1 Å². The number of carbonyl (C=O) groups excluding carboxylic acids is 1. The van der Waals surface area contributed by atoms with Crippen molar-refractivity contribution in [1.29, 1.82) is 0 Å². The molecule has 1 amide bonds. The van der Waals surface area contributed by atoms with Gasteiger partial charge in [0.1, 0.15) is 11.9 Å². The highest BCUT2D eigenvalue weighted by atomic mass is 35.5. The summed E-state index contributed by atoms with van der Waals surface area (Å²) in [7, 11) is -1.67. The zero-order chi connectivity index (χ0) is 22.7. The van der Waals surface area contributed by atoms with Gasteiger partial charge in [-0.3, -0.25) is 4.79 Å². The van der Waals surface area contributed by atoms with Crippen molar-refractivity contribution >= 4 is 27.5 Å². The Balaban J connectivity index is 1.46. The molecule has 9 heteroatoms. The van der Waals surface area contributed by atoms with Gasteiger partial charge in [0.05, 0.1) is 4.90 Å². The minimum atomic E-state index is -3.55. The summed E-state index contributed by atoms with van der Waals surface area (Å²) in [6.45, 7) is 0.618. The van der Waals surface area contributed by atoms with Crippen molar-refractivity contribution in [1.82, 2.24) is 19.2 Å². The second-order valence-corrected chi connectivity index (χ2v) is 10.3. The average Bonchev–Trinajstić information content (AvgIpc) is 3.24. The molecular weight excluding hydrogens is 448 g/mol. The summed E-state index contributed by atoms with van der Waals surface area (Å²) in [4.78, 5) is 17.8. The molecule has 1 saturated heterocycles. The molecule has 2 aromatic carbocycles. The molecule has 32 heavy (non-hydrogen) atoms. The van der Waals surface area contributed by atoms with Crippen molar-refractivity contribution in [3.05, 3.63) is 83.4 Å². The first kappa shape index (κ1) is 22.5. The van der Waals surface area contributed by atoms with E-state index in [-0.39, 0.29) is 16.7 Å². The predicted octanol–water partition coefficient (Wildman–Crippen LogP) is 3.38. The third kappa shape index (κ3) is 4.72. The van der Waals surface area contributed by atoms with E-state index >= 15 is 0 Å². The lowest BCUT2D eigenvalue weighted by Crippen LogP contribution is -2.44. The number of imidazole rings is 1. The summed E-state index contributed by atoms with van der Waals surface area (Å²) >= 11 is 6.03. The van der Waals surface area contributed by atoms with Crippen molar-refractivity contribution in [2.45, 2.75) is 23.8 Å². The smallest absolute Gasteiger partial charge is 0.243 e. The standard InChI is InChI=1S/C23H25ClN4O3S/c1-27-16-13-25-22(27)21(17-7-9-19(24)10-8-17)26-23(29)18-11-14-28(15-12-18)32(30,31)20-5-3-2-4-6-20/h2-10,13,16,18,21H,11-12,14-15H2,1H3,(H,26,29). The van der Waals surface area contributed by atoms with Gasteiger partial charge in [-0.05, 0) is 42.7 Å². The number of carbonyl (C=O) groups is 1. The number of nitrogens with one attached hydrogen (secondary N) is 1. The number of hydrogen-bond donors (Lipinski definition) is 1. The van der Waals surface area contributed by atoms with E-state index in [9.17, 15) is 13.2 Å². The molecule has 0 aliphatic carbocycles. The Morgan fingerprint density at radius 2 is 1.75 bits per heavy atom. The van der Waals surface area contributed by atoms with E-state index in [4.69, 9.17) is 11.6 Å². The summed E-state index contributed by atoms with van der Waals surface area (Å²) in [5.74, 6) is 0.335. The summed E-state index contributed by atoms with van der Waals surface area (Å²) in [5.41, 5.74) is 0.876. The van der Waals surface area contributed by atoms with E-state index in [2.05, 4.69) is 10.3 Å². The Kier molecular flexibility index (Phi) is 6.64. The molecule has 7 nitrogen and oxygen atoms in total. The quantitative estimate of drug-likeness (QED) is 0.596. The molecular formula is C23H25ClN4O3S. The molecule has 4 rings (SSSR count). The summed E-state index contributed by atoms with van der Waals surface area (Å²) in [6, 6.07) is 15.3. The van der Waals surface area contributed by atoms with Gasteiger partial charge in [-0.2, -0.15) is 4.31 Å². The van der Waals surface area contributed by atoms with Crippen LogP contribution in [0.4, 0.5) is 0 Å². The van der Waals surface area contributed by atoms with Crippen LogP contribution in [0, 0.1) is 5.92 Å². The van der Waals surface area contributed by atoms with Gasteiger partial charge >= 0.3 is 0 Å². The number of halogens is 1. The second-order valence-electron chi connectivity index (χ2n) is 7.88. The van der Waals surface area contributed by atoms with Crippen LogP contribution >= 0.6 is 11.6 Å². The number of rotatable bonds is 6.